The van der Waals surface area contributed by atoms with Gasteiger partial charge in [-0.2, -0.15) is 0 Å². The Balaban J connectivity index is 1.63. The molecule has 172 valence electrons. The third-order valence-corrected chi connectivity index (χ3v) is 5.67. The summed E-state index contributed by atoms with van der Waals surface area (Å²) in [6.45, 7) is 0. The molecule has 4 aromatic rings. The standard InChI is InChI=1S/C28H28N4O2/c1-31(2)23-13-9-19(10-14-23)27(33)29-25-17-21-7-5-6-8-22(21)18-26(25)30-28(34)20-11-15-24(16-12-20)32(3)4/h5-18H,1-4H3,(H,29,33)(H,30,34). The summed E-state index contributed by atoms with van der Waals surface area (Å²) in [7, 11) is 7.81. The Morgan fingerprint density at radius 2 is 0.912 bits per heavy atom. The molecule has 0 unspecified atom stereocenters. The molecule has 0 aliphatic heterocycles. The van der Waals surface area contributed by atoms with Gasteiger partial charge in [0.15, 0.2) is 0 Å². The number of carbonyl (C=O) groups excluding carboxylic acids is 2. The third kappa shape index (κ3) is 5.02. The van der Waals surface area contributed by atoms with Gasteiger partial charge in [0.25, 0.3) is 11.8 Å². The van der Waals surface area contributed by atoms with Crippen LogP contribution in [0.25, 0.3) is 10.8 Å². The zero-order chi connectivity index (χ0) is 24.2. The molecule has 0 atom stereocenters. The monoisotopic (exact) mass is 452 g/mol. The summed E-state index contributed by atoms with van der Waals surface area (Å²) in [6.07, 6.45) is 0. The van der Waals surface area contributed by atoms with Crippen molar-refractivity contribution < 1.29 is 9.59 Å². The molecule has 0 radical (unpaired) electrons. The Morgan fingerprint density at radius 1 is 0.559 bits per heavy atom. The van der Waals surface area contributed by atoms with Crippen LogP contribution in [0.3, 0.4) is 0 Å². The number of benzene rings is 4. The van der Waals surface area contributed by atoms with Gasteiger partial charge in [-0.05, 0) is 71.4 Å². The number of anilines is 4. The fourth-order valence-electron chi connectivity index (χ4n) is 3.66. The molecule has 0 saturated carbocycles. The van der Waals surface area contributed by atoms with E-state index in [1.165, 1.54) is 0 Å². The van der Waals surface area contributed by atoms with Gasteiger partial charge in [-0.15, -0.1) is 0 Å². The van der Waals surface area contributed by atoms with Crippen LogP contribution in [0.1, 0.15) is 20.7 Å². The highest BCUT2D eigenvalue weighted by Crippen LogP contribution is 2.30. The predicted molar refractivity (Wildman–Crippen MR) is 141 cm³/mol. The van der Waals surface area contributed by atoms with Gasteiger partial charge in [0, 0.05) is 50.7 Å². The summed E-state index contributed by atoms with van der Waals surface area (Å²) < 4.78 is 0. The van der Waals surface area contributed by atoms with Gasteiger partial charge in [-0.3, -0.25) is 9.59 Å². The second-order valence-electron chi connectivity index (χ2n) is 8.54. The van der Waals surface area contributed by atoms with Crippen LogP contribution in [0, 0.1) is 0 Å². The highest BCUT2D eigenvalue weighted by molar-refractivity contribution is 6.12. The molecular formula is C28H28N4O2. The number of rotatable bonds is 6. The van der Waals surface area contributed by atoms with Gasteiger partial charge < -0.3 is 20.4 Å². The first-order valence-electron chi connectivity index (χ1n) is 11.0. The average Bonchev–Trinajstić information content (AvgIpc) is 2.84. The number of nitrogens with zero attached hydrogens (tertiary/aromatic N) is 2. The minimum absolute atomic E-state index is 0.244. The quantitative estimate of drug-likeness (QED) is 0.407. The number of amides is 2. The summed E-state index contributed by atoms with van der Waals surface area (Å²) in [5.74, 6) is -0.488. The van der Waals surface area contributed by atoms with Crippen molar-refractivity contribution in [1.29, 1.82) is 0 Å². The van der Waals surface area contributed by atoms with Crippen molar-refractivity contribution in [2.75, 3.05) is 48.6 Å². The largest absolute Gasteiger partial charge is 0.378 e. The highest BCUT2D eigenvalue weighted by atomic mass is 16.2. The van der Waals surface area contributed by atoms with Gasteiger partial charge in [0.1, 0.15) is 0 Å². The summed E-state index contributed by atoms with van der Waals surface area (Å²) in [4.78, 5) is 29.9. The molecule has 0 saturated heterocycles. The van der Waals surface area contributed by atoms with E-state index in [9.17, 15) is 9.59 Å². The summed E-state index contributed by atoms with van der Waals surface area (Å²) in [6, 6.07) is 26.3. The molecule has 0 bridgehead atoms. The van der Waals surface area contributed by atoms with Crippen LogP contribution in [0.2, 0.25) is 0 Å². The minimum atomic E-state index is -0.244. The van der Waals surface area contributed by atoms with E-state index in [1.807, 2.05) is 98.7 Å². The van der Waals surface area contributed by atoms with Crippen LogP contribution in [-0.4, -0.2) is 40.0 Å². The lowest BCUT2D eigenvalue weighted by atomic mass is 10.1. The van der Waals surface area contributed by atoms with Crippen LogP contribution in [0.15, 0.2) is 84.9 Å². The van der Waals surface area contributed by atoms with E-state index in [0.717, 1.165) is 22.1 Å². The fraction of sp³-hybridized carbons (Fsp3) is 0.143. The van der Waals surface area contributed by atoms with Crippen molar-refractivity contribution in [2.45, 2.75) is 0 Å². The topological polar surface area (TPSA) is 64.7 Å². The minimum Gasteiger partial charge on any atom is -0.378 e. The number of nitrogens with one attached hydrogen (secondary N) is 2. The van der Waals surface area contributed by atoms with E-state index < -0.39 is 0 Å². The maximum Gasteiger partial charge on any atom is 0.255 e. The lowest BCUT2D eigenvalue weighted by Crippen LogP contribution is -2.17. The van der Waals surface area contributed by atoms with Crippen LogP contribution in [0.4, 0.5) is 22.7 Å². The van der Waals surface area contributed by atoms with Gasteiger partial charge in [-0.25, -0.2) is 0 Å². The zero-order valence-corrected chi connectivity index (χ0v) is 19.8. The lowest BCUT2D eigenvalue weighted by molar-refractivity contribution is 0.101. The molecular weight excluding hydrogens is 424 g/mol. The van der Waals surface area contributed by atoms with Gasteiger partial charge in [-0.1, -0.05) is 24.3 Å². The Morgan fingerprint density at radius 3 is 1.24 bits per heavy atom. The summed E-state index contributed by atoms with van der Waals surface area (Å²) >= 11 is 0. The van der Waals surface area contributed by atoms with E-state index in [-0.39, 0.29) is 11.8 Å². The Labute approximate surface area is 199 Å². The van der Waals surface area contributed by atoms with Crippen molar-refractivity contribution in [3.63, 3.8) is 0 Å². The summed E-state index contributed by atoms with van der Waals surface area (Å²) in [5, 5.41) is 7.88. The van der Waals surface area contributed by atoms with Crippen LogP contribution in [-0.2, 0) is 0 Å². The molecule has 4 aromatic carbocycles. The third-order valence-electron chi connectivity index (χ3n) is 5.67. The molecule has 0 heterocycles. The Hall–Kier alpha value is -4.32. The smallest absolute Gasteiger partial charge is 0.255 e. The summed E-state index contributed by atoms with van der Waals surface area (Å²) in [5.41, 5.74) is 4.17. The molecule has 6 heteroatoms. The molecule has 0 aliphatic rings. The molecule has 2 N–H and O–H groups in total. The molecule has 0 fully saturated rings. The van der Waals surface area contributed by atoms with Gasteiger partial charge in [0.2, 0.25) is 0 Å². The molecule has 4 rings (SSSR count). The van der Waals surface area contributed by atoms with E-state index in [1.54, 1.807) is 24.3 Å². The average molecular weight is 453 g/mol. The molecule has 6 nitrogen and oxygen atoms in total. The van der Waals surface area contributed by atoms with Crippen LogP contribution < -0.4 is 20.4 Å². The van der Waals surface area contributed by atoms with Crippen molar-refractivity contribution in [3.8, 4) is 0 Å². The molecule has 0 aromatic heterocycles. The van der Waals surface area contributed by atoms with Crippen molar-refractivity contribution in [3.05, 3.63) is 96.1 Å². The molecule has 2 amide bonds. The van der Waals surface area contributed by atoms with Crippen molar-refractivity contribution in [1.82, 2.24) is 0 Å². The molecule has 0 spiro atoms. The Kier molecular flexibility index (Phi) is 6.50. The first kappa shape index (κ1) is 22.9. The second kappa shape index (κ2) is 9.67. The number of hydrogen-bond donors (Lipinski definition) is 2. The molecule has 34 heavy (non-hydrogen) atoms. The second-order valence-corrected chi connectivity index (χ2v) is 8.54. The zero-order valence-electron chi connectivity index (χ0n) is 19.8. The fourth-order valence-corrected chi connectivity index (χ4v) is 3.66. The lowest BCUT2D eigenvalue weighted by Gasteiger charge is -2.16. The van der Waals surface area contributed by atoms with E-state index in [4.69, 9.17) is 0 Å². The number of fused-ring (bicyclic) bond motifs is 1. The normalized spacial score (nSPS) is 10.6. The first-order valence-corrected chi connectivity index (χ1v) is 11.0. The van der Waals surface area contributed by atoms with E-state index in [0.29, 0.717) is 22.5 Å². The van der Waals surface area contributed by atoms with Gasteiger partial charge in [0.05, 0.1) is 11.4 Å². The molecule has 0 aliphatic carbocycles. The predicted octanol–water partition coefficient (Wildman–Crippen LogP) is 5.48. The van der Waals surface area contributed by atoms with Crippen molar-refractivity contribution in [2.24, 2.45) is 0 Å². The highest BCUT2D eigenvalue weighted by Gasteiger charge is 2.14. The maximum atomic E-state index is 13.0. The van der Waals surface area contributed by atoms with Crippen LogP contribution in [0.5, 0.6) is 0 Å². The van der Waals surface area contributed by atoms with Crippen LogP contribution >= 0.6 is 0 Å². The van der Waals surface area contributed by atoms with Crippen molar-refractivity contribution >= 4 is 45.3 Å². The number of carbonyl (C=O) groups is 2. The maximum absolute atomic E-state index is 13.0. The Bertz CT molecular complexity index is 1220. The SMILES string of the molecule is CN(C)c1ccc(C(=O)Nc2cc3ccccc3cc2NC(=O)c2ccc(N(C)C)cc2)cc1. The van der Waals surface area contributed by atoms with E-state index in [2.05, 4.69) is 10.6 Å². The first-order chi connectivity index (χ1) is 16.3. The van der Waals surface area contributed by atoms with Gasteiger partial charge >= 0.3 is 0 Å². The van der Waals surface area contributed by atoms with E-state index >= 15 is 0 Å². The number of hydrogen-bond acceptors (Lipinski definition) is 4.